The van der Waals surface area contributed by atoms with Gasteiger partial charge in [0.05, 0.1) is 29.8 Å². The molecule has 0 bridgehead atoms. The van der Waals surface area contributed by atoms with E-state index < -0.39 is 0 Å². The first-order valence-corrected chi connectivity index (χ1v) is 11.2. The second-order valence-electron chi connectivity index (χ2n) is 8.40. The smallest absolute Gasteiger partial charge is 0.115 e. The first kappa shape index (κ1) is 19.4. The summed E-state index contributed by atoms with van der Waals surface area (Å²) < 4.78 is 8.49. The normalized spacial score (nSPS) is 15.5. The van der Waals surface area contributed by atoms with Gasteiger partial charge >= 0.3 is 0 Å². The molecule has 1 fully saturated rings. The molecule has 1 aromatic carbocycles. The number of pyridine rings is 1. The predicted octanol–water partition coefficient (Wildman–Crippen LogP) is 5.47. The van der Waals surface area contributed by atoms with Crippen LogP contribution in [0.15, 0.2) is 48.5 Å². The first-order chi connectivity index (χ1) is 14.8. The molecule has 0 radical (unpaired) electrons. The molecule has 5 rings (SSSR count). The van der Waals surface area contributed by atoms with Crippen LogP contribution in [0.5, 0.6) is 5.75 Å². The number of phenols is 1. The summed E-state index contributed by atoms with van der Waals surface area (Å²) in [4.78, 5) is 2.52. The van der Waals surface area contributed by atoms with Crippen molar-refractivity contribution in [3.63, 3.8) is 0 Å². The lowest BCUT2D eigenvalue weighted by molar-refractivity contribution is 0.0869. The molecule has 0 aliphatic carbocycles. The minimum absolute atomic E-state index is 0.302. The molecule has 0 amide bonds. The van der Waals surface area contributed by atoms with Crippen LogP contribution in [0.2, 0.25) is 0 Å². The summed E-state index contributed by atoms with van der Waals surface area (Å²) in [6, 6.07) is 16.4. The third-order valence-corrected chi connectivity index (χ3v) is 6.51. The van der Waals surface area contributed by atoms with Crippen molar-refractivity contribution >= 4 is 16.6 Å². The molecule has 1 N–H and O–H groups in total. The third kappa shape index (κ3) is 3.44. The number of hydrogen-bond acceptors (Lipinski definition) is 3. The van der Waals surface area contributed by atoms with Crippen LogP contribution in [-0.2, 0) is 17.8 Å². The highest BCUT2D eigenvalue weighted by Crippen LogP contribution is 2.39. The van der Waals surface area contributed by atoms with E-state index in [1.807, 2.05) is 12.1 Å². The quantitative estimate of drug-likeness (QED) is 0.417. The number of hydrogen-bond donors (Lipinski definition) is 1. The maximum absolute atomic E-state index is 9.73. The summed E-state index contributed by atoms with van der Waals surface area (Å²) in [5, 5.41) is 9.73. The minimum Gasteiger partial charge on any atom is -0.508 e. The maximum atomic E-state index is 9.73. The summed E-state index contributed by atoms with van der Waals surface area (Å²) in [5.74, 6) is 0.302. The number of aromatic hydroxyl groups is 1. The van der Waals surface area contributed by atoms with E-state index in [0.29, 0.717) is 12.4 Å². The van der Waals surface area contributed by atoms with Crippen LogP contribution in [0, 0.1) is 0 Å². The van der Waals surface area contributed by atoms with Crippen molar-refractivity contribution in [3.8, 4) is 16.9 Å². The molecule has 3 aromatic heterocycles. The Labute approximate surface area is 178 Å². The molecule has 0 unspecified atom stereocenters. The monoisotopic (exact) mass is 402 g/mol. The fourth-order valence-corrected chi connectivity index (χ4v) is 5.01. The van der Waals surface area contributed by atoms with Crippen molar-refractivity contribution in [2.24, 2.45) is 0 Å². The Morgan fingerprint density at radius 1 is 0.933 bits per heavy atom. The Bertz CT molecular complexity index is 1120. The van der Waals surface area contributed by atoms with Gasteiger partial charge < -0.3 is 19.1 Å². The Hall–Kier alpha value is -2.56. The van der Waals surface area contributed by atoms with Crippen LogP contribution in [0.4, 0.5) is 0 Å². The molecule has 0 spiro atoms. The molecule has 30 heavy (non-hydrogen) atoms. The van der Waals surface area contributed by atoms with E-state index in [4.69, 9.17) is 4.74 Å². The fraction of sp³-hybridized carbons (Fsp3) is 0.385. The molecule has 4 heteroatoms. The van der Waals surface area contributed by atoms with Crippen molar-refractivity contribution in [2.75, 3.05) is 26.2 Å². The van der Waals surface area contributed by atoms with E-state index in [1.54, 1.807) is 12.1 Å². The second-order valence-corrected chi connectivity index (χ2v) is 8.40. The molecule has 4 aromatic rings. The highest BCUT2D eigenvalue weighted by molar-refractivity contribution is 5.96. The van der Waals surface area contributed by atoms with Gasteiger partial charge in [0, 0.05) is 17.7 Å². The molecule has 0 atom stereocenters. The largest absolute Gasteiger partial charge is 0.508 e. The number of likely N-dealkylation sites (tertiary alicyclic amines) is 1. The van der Waals surface area contributed by atoms with Crippen molar-refractivity contribution in [1.29, 1.82) is 0 Å². The zero-order valence-corrected chi connectivity index (χ0v) is 17.7. The van der Waals surface area contributed by atoms with Gasteiger partial charge in [-0.3, -0.25) is 0 Å². The van der Waals surface area contributed by atoms with Crippen molar-refractivity contribution < 1.29 is 9.84 Å². The highest BCUT2D eigenvalue weighted by atomic mass is 16.5. The minimum atomic E-state index is 0.302. The zero-order chi connectivity index (χ0) is 20.5. The van der Waals surface area contributed by atoms with Gasteiger partial charge in [-0.2, -0.15) is 0 Å². The van der Waals surface area contributed by atoms with E-state index >= 15 is 0 Å². The van der Waals surface area contributed by atoms with Gasteiger partial charge in [-0.15, -0.1) is 0 Å². The number of piperidine rings is 1. The molecule has 0 saturated carbocycles. The van der Waals surface area contributed by atoms with Crippen LogP contribution in [0.3, 0.4) is 0 Å². The van der Waals surface area contributed by atoms with Crippen molar-refractivity contribution in [2.45, 2.75) is 39.2 Å². The van der Waals surface area contributed by atoms with Gasteiger partial charge in [0.15, 0.2) is 0 Å². The van der Waals surface area contributed by atoms with Crippen LogP contribution in [0.1, 0.15) is 37.3 Å². The molecule has 4 heterocycles. The summed E-state index contributed by atoms with van der Waals surface area (Å²) in [7, 11) is 0. The third-order valence-electron chi connectivity index (χ3n) is 6.51. The lowest BCUT2D eigenvalue weighted by atomic mass is 9.99. The number of aryl methyl sites for hydroxylation is 1. The number of benzene rings is 1. The van der Waals surface area contributed by atoms with Gasteiger partial charge in [-0.05, 0) is 73.8 Å². The van der Waals surface area contributed by atoms with E-state index in [1.165, 1.54) is 65.6 Å². The lowest BCUT2D eigenvalue weighted by Gasteiger charge is -2.26. The number of rotatable bonds is 7. The number of ether oxygens (including phenoxy) is 1. The average Bonchev–Trinajstić information content (AvgIpc) is 3.31. The molecular weight excluding hydrogens is 372 g/mol. The SMILES string of the molecule is CCc1c(-c2ccc(O)cc2)c2cc(COCCN3CCCCC3)c3cccc1n32. The van der Waals surface area contributed by atoms with Crippen molar-refractivity contribution in [1.82, 2.24) is 9.30 Å². The highest BCUT2D eigenvalue weighted by Gasteiger charge is 2.20. The Balaban J connectivity index is 1.44. The van der Waals surface area contributed by atoms with Crippen LogP contribution < -0.4 is 0 Å². The van der Waals surface area contributed by atoms with Crippen LogP contribution >= 0.6 is 0 Å². The maximum Gasteiger partial charge on any atom is 0.115 e. The molecule has 4 nitrogen and oxygen atoms in total. The fourth-order valence-electron chi connectivity index (χ4n) is 5.01. The van der Waals surface area contributed by atoms with Crippen molar-refractivity contribution in [3.05, 3.63) is 59.7 Å². The number of nitrogens with zero attached hydrogens (tertiary/aromatic N) is 2. The standard InChI is InChI=1S/C26H30N2O2/c1-2-22-24-8-6-7-23-20(18-30-16-15-27-13-4-3-5-14-27)17-25(28(23)24)26(22)19-9-11-21(29)12-10-19/h6-12,17,29H,2-5,13-16,18H2,1H3. The molecule has 1 aliphatic rings. The number of aromatic nitrogens is 1. The van der Waals surface area contributed by atoms with Gasteiger partial charge in [-0.25, -0.2) is 0 Å². The van der Waals surface area contributed by atoms with Crippen LogP contribution in [0.25, 0.3) is 27.7 Å². The van der Waals surface area contributed by atoms with Crippen LogP contribution in [-0.4, -0.2) is 40.6 Å². The lowest BCUT2D eigenvalue weighted by Crippen LogP contribution is -2.32. The van der Waals surface area contributed by atoms with Gasteiger partial charge in [0.25, 0.3) is 0 Å². The molecule has 1 saturated heterocycles. The number of phenolic OH excluding ortho intramolecular Hbond substituents is 1. The zero-order valence-electron chi connectivity index (χ0n) is 17.7. The summed E-state index contributed by atoms with van der Waals surface area (Å²) in [6.07, 6.45) is 4.99. The molecule has 156 valence electrons. The Kier molecular flexibility index (Phi) is 5.36. The molecular formula is C26H30N2O2. The summed E-state index contributed by atoms with van der Waals surface area (Å²) >= 11 is 0. The van der Waals surface area contributed by atoms with E-state index in [9.17, 15) is 5.11 Å². The van der Waals surface area contributed by atoms with Gasteiger partial charge in [0.2, 0.25) is 0 Å². The molecule has 1 aliphatic heterocycles. The van der Waals surface area contributed by atoms with E-state index in [0.717, 1.165) is 25.1 Å². The first-order valence-electron chi connectivity index (χ1n) is 11.2. The Morgan fingerprint density at radius 3 is 2.47 bits per heavy atom. The predicted molar refractivity (Wildman–Crippen MR) is 123 cm³/mol. The van der Waals surface area contributed by atoms with Gasteiger partial charge in [0.1, 0.15) is 5.75 Å². The average molecular weight is 403 g/mol. The Morgan fingerprint density at radius 2 is 1.70 bits per heavy atom. The van der Waals surface area contributed by atoms with Gasteiger partial charge in [-0.1, -0.05) is 31.5 Å². The topological polar surface area (TPSA) is 37.1 Å². The van der Waals surface area contributed by atoms with E-state index in [-0.39, 0.29) is 0 Å². The summed E-state index contributed by atoms with van der Waals surface area (Å²) in [6.45, 7) is 7.10. The second kappa shape index (κ2) is 8.29. The summed E-state index contributed by atoms with van der Waals surface area (Å²) in [5.41, 5.74) is 8.77. The van der Waals surface area contributed by atoms with E-state index in [2.05, 4.69) is 40.5 Å².